The topological polar surface area (TPSA) is 157 Å². The number of non-ortho nitro benzene ring substituents is 1. The van der Waals surface area contributed by atoms with Gasteiger partial charge in [-0.15, -0.1) is 0 Å². The van der Waals surface area contributed by atoms with Crippen molar-refractivity contribution in [1.82, 2.24) is 9.78 Å². The van der Waals surface area contributed by atoms with E-state index in [1.165, 1.54) is 23.7 Å². The van der Waals surface area contributed by atoms with Crippen molar-refractivity contribution in [2.45, 2.75) is 19.9 Å². The van der Waals surface area contributed by atoms with E-state index in [4.69, 9.17) is 5.26 Å². The molecule has 128 valence electrons. The first-order valence-electron chi connectivity index (χ1n) is 6.94. The molecular weight excluding hydrogens is 332 g/mol. The summed E-state index contributed by atoms with van der Waals surface area (Å²) in [4.78, 5) is 32.5. The Labute approximate surface area is 140 Å². The molecule has 1 unspecified atom stereocenters. The van der Waals surface area contributed by atoms with Crippen LogP contribution < -0.4 is 5.32 Å². The van der Waals surface area contributed by atoms with Crippen LogP contribution in [0.2, 0.25) is 0 Å². The first kappa shape index (κ1) is 17.5. The lowest BCUT2D eigenvalue weighted by Crippen LogP contribution is -2.25. The molecule has 11 nitrogen and oxygen atoms in total. The molecule has 2 rings (SSSR count). The minimum atomic E-state index is -0.893. The highest BCUT2D eigenvalue weighted by Crippen LogP contribution is 2.23. The van der Waals surface area contributed by atoms with Crippen molar-refractivity contribution in [2.24, 2.45) is 0 Å². The predicted molar refractivity (Wildman–Crippen MR) is 84.8 cm³/mol. The minimum absolute atomic E-state index is 0.0714. The SMILES string of the molecule is Cc1cc([N+](=O)[O-])nn1C(C)C(=O)Nc1ccc([N+](=O)[O-])cc1C#N. The van der Waals surface area contributed by atoms with Crippen LogP contribution in [-0.2, 0) is 4.79 Å². The summed E-state index contributed by atoms with van der Waals surface area (Å²) in [6.07, 6.45) is 0. The van der Waals surface area contributed by atoms with Crippen molar-refractivity contribution in [3.05, 3.63) is 55.8 Å². The molecule has 0 saturated heterocycles. The summed E-state index contributed by atoms with van der Waals surface area (Å²) in [5.41, 5.74) is 0.168. The highest BCUT2D eigenvalue weighted by molar-refractivity contribution is 5.94. The van der Waals surface area contributed by atoms with Crippen LogP contribution >= 0.6 is 0 Å². The van der Waals surface area contributed by atoms with E-state index in [0.717, 1.165) is 12.1 Å². The molecule has 0 radical (unpaired) electrons. The maximum atomic E-state index is 12.3. The van der Waals surface area contributed by atoms with E-state index >= 15 is 0 Å². The van der Waals surface area contributed by atoms with E-state index in [9.17, 15) is 25.0 Å². The Hall–Kier alpha value is -3.81. The summed E-state index contributed by atoms with van der Waals surface area (Å²) in [5.74, 6) is -0.961. The third-order valence-corrected chi connectivity index (χ3v) is 3.44. The molecule has 0 saturated carbocycles. The van der Waals surface area contributed by atoms with Gasteiger partial charge in [0, 0.05) is 12.1 Å². The first-order valence-corrected chi connectivity index (χ1v) is 6.94. The highest BCUT2D eigenvalue weighted by atomic mass is 16.6. The number of nitro groups is 2. The average Bonchev–Trinajstić information content (AvgIpc) is 2.96. The fourth-order valence-electron chi connectivity index (χ4n) is 2.15. The second-order valence-electron chi connectivity index (χ2n) is 5.11. The lowest BCUT2D eigenvalue weighted by molar-refractivity contribution is -0.389. The minimum Gasteiger partial charge on any atom is -0.358 e. The van der Waals surface area contributed by atoms with Gasteiger partial charge in [-0.3, -0.25) is 14.9 Å². The number of nitrogens with one attached hydrogen (secondary N) is 1. The van der Waals surface area contributed by atoms with Crippen molar-refractivity contribution < 1.29 is 14.6 Å². The number of anilines is 1. The number of hydrogen-bond donors (Lipinski definition) is 1. The number of carbonyl (C=O) groups is 1. The van der Waals surface area contributed by atoms with Crippen LogP contribution in [0.1, 0.15) is 24.2 Å². The predicted octanol–water partition coefficient (Wildman–Crippen LogP) is 2.08. The zero-order chi connectivity index (χ0) is 18.7. The van der Waals surface area contributed by atoms with Crippen molar-refractivity contribution in [3.63, 3.8) is 0 Å². The molecule has 25 heavy (non-hydrogen) atoms. The molecule has 1 amide bonds. The monoisotopic (exact) mass is 344 g/mol. The van der Waals surface area contributed by atoms with Gasteiger partial charge in [-0.2, -0.15) is 9.94 Å². The highest BCUT2D eigenvalue weighted by Gasteiger charge is 2.25. The molecule has 0 spiro atoms. The summed E-state index contributed by atoms with van der Waals surface area (Å²) in [7, 11) is 0. The Morgan fingerprint density at radius 2 is 2.00 bits per heavy atom. The fourth-order valence-corrected chi connectivity index (χ4v) is 2.15. The lowest BCUT2D eigenvalue weighted by atomic mass is 10.1. The second-order valence-corrected chi connectivity index (χ2v) is 5.11. The third-order valence-electron chi connectivity index (χ3n) is 3.44. The smallest absolute Gasteiger partial charge is 0.358 e. The first-order chi connectivity index (χ1) is 11.7. The second kappa shape index (κ2) is 6.75. The average molecular weight is 344 g/mol. The Kier molecular flexibility index (Phi) is 4.74. The van der Waals surface area contributed by atoms with Gasteiger partial charge in [-0.1, -0.05) is 0 Å². The number of nitrogens with zero attached hydrogens (tertiary/aromatic N) is 5. The molecule has 1 aromatic heterocycles. The number of rotatable bonds is 5. The number of carbonyl (C=O) groups excluding carboxylic acids is 1. The van der Waals surface area contributed by atoms with E-state index in [0.29, 0.717) is 5.69 Å². The Balaban J connectivity index is 2.26. The Bertz CT molecular complexity index is 913. The molecule has 0 aliphatic carbocycles. The van der Waals surface area contributed by atoms with Crippen LogP contribution in [0.5, 0.6) is 0 Å². The molecule has 11 heteroatoms. The third kappa shape index (κ3) is 3.58. The number of aromatic nitrogens is 2. The molecule has 1 heterocycles. The normalized spacial score (nSPS) is 11.4. The van der Waals surface area contributed by atoms with E-state index < -0.39 is 21.8 Å². The number of aryl methyl sites for hydroxylation is 1. The van der Waals surface area contributed by atoms with E-state index in [2.05, 4.69) is 10.4 Å². The van der Waals surface area contributed by atoms with Gasteiger partial charge < -0.3 is 15.4 Å². The van der Waals surface area contributed by atoms with Gasteiger partial charge in [-0.05, 0) is 24.8 Å². The maximum absolute atomic E-state index is 12.3. The van der Waals surface area contributed by atoms with Gasteiger partial charge in [0.15, 0.2) is 0 Å². The quantitative estimate of drug-likeness (QED) is 0.642. The van der Waals surface area contributed by atoms with Crippen LogP contribution in [0.3, 0.4) is 0 Å². The molecule has 1 atom stereocenters. The molecule has 2 aromatic rings. The summed E-state index contributed by atoms with van der Waals surface area (Å²) in [6.45, 7) is 3.05. The zero-order valence-electron chi connectivity index (χ0n) is 13.2. The number of amides is 1. The lowest BCUT2D eigenvalue weighted by Gasteiger charge is -2.12. The van der Waals surface area contributed by atoms with Crippen LogP contribution in [0, 0.1) is 38.5 Å². The summed E-state index contributed by atoms with van der Waals surface area (Å²) in [5, 5.41) is 36.8. The van der Waals surface area contributed by atoms with Crippen LogP contribution in [0.25, 0.3) is 0 Å². The van der Waals surface area contributed by atoms with Crippen molar-refractivity contribution in [2.75, 3.05) is 5.32 Å². The van der Waals surface area contributed by atoms with Gasteiger partial charge in [0.1, 0.15) is 12.1 Å². The van der Waals surface area contributed by atoms with Gasteiger partial charge >= 0.3 is 5.82 Å². The van der Waals surface area contributed by atoms with E-state index in [-0.39, 0.29) is 22.8 Å². The van der Waals surface area contributed by atoms with Gasteiger partial charge in [-0.25, -0.2) is 0 Å². The largest absolute Gasteiger partial charge is 0.390 e. The fraction of sp³-hybridized carbons (Fsp3) is 0.214. The number of nitro benzene ring substituents is 1. The summed E-state index contributed by atoms with van der Waals surface area (Å²) in [6, 6.07) is 5.57. The number of hydrogen-bond acceptors (Lipinski definition) is 7. The number of benzene rings is 1. The van der Waals surface area contributed by atoms with E-state index in [1.807, 2.05) is 0 Å². The summed E-state index contributed by atoms with van der Waals surface area (Å²) < 4.78 is 1.19. The molecule has 1 N–H and O–H groups in total. The van der Waals surface area contributed by atoms with Gasteiger partial charge in [0.25, 0.3) is 11.6 Å². The van der Waals surface area contributed by atoms with Gasteiger partial charge in [0.05, 0.1) is 33.0 Å². The standard InChI is InChI=1S/C14H12N6O5/c1-8-5-13(20(24)25)17-18(8)9(2)14(21)16-12-4-3-11(19(22)23)6-10(12)7-15/h3-6,9H,1-2H3,(H,16,21). The molecule has 0 aliphatic rings. The Morgan fingerprint density at radius 3 is 2.52 bits per heavy atom. The maximum Gasteiger partial charge on any atom is 0.390 e. The van der Waals surface area contributed by atoms with Crippen molar-refractivity contribution in [3.8, 4) is 6.07 Å². The number of nitriles is 1. The summed E-state index contributed by atoms with van der Waals surface area (Å²) >= 11 is 0. The molecular formula is C14H12N6O5. The molecule has 1 aromatic carbocycles. The van der Waals surface area contributed by atoms with E-state index in [1.54, 1.807) is 13.0 Å². The molecule has 0 fully saturated rings. The molecule has 0 aliphatic heterocycles. The van der Waals surface area contributed by atoms with Crippen LogP contribution in [0.15, 0.2) is 24.3 Å². The van der Waals surface area contributed by atoms with Gasteiger partial charge in [0.2, 0.25) is 0 Å². The van der Waals surface area contributed by atoms with Crippen molar-refractivity contribution in [1.29, 1.82) is 5.26 Å². The van der Waals surface area contributed by atoms with Crippen LogP contribution in [0.4, 0.5) is 17.2 Å². The van der Waals surface area contributed by atoms with Crippen LogP contribution in [-0.4, -0.2) is 25.5 Å². The van der Waals surface area contributed by atoms with Crippen molar-refractivity contribution >= 4 is 23.1 Å². The zero-order valence-corrected chi connectivity index (χ0v) is 13.2. The Morgan fingerprint density at radius 1 is 1.32 bits per heavy atom. The molecule has 0 bridgehead atoms.